The van der Waals surface area contributed by atoms with Crippen molar-refractivity contribution in [2.75, 3.05) is 6.61 Å². The van der Waals surface area contributed by atoms with Gasteiger partial charge in [-0.2, -0.15) is 0 Å². The van der Waals surface area contributed by atoms with E-state index >= 15 is 0 Å². The lowest BCUT2D eigenvalue weighted by atomic mass is 9.60. The number of ether oxygens (including phenoxy) is 1. The van der Waals surface area contributed by atoms with Crippen molar-refractivity contribution >= 4 is 7.12 Å². The van der Waals surface area contributed by atoms with Crippen molar-refractivity contribution in [2.45, 2.75) is 63.7 Å². The van der Waals surface area contributed by atoms with Gasteiger partial charge in [0.1, 0.15) is 11.3 Å². The molecule has 3 rings (SSSR count). The minimum atomic E-state index is -0.656. The van der Waals surface area contributed by atoms with Gasteiger partial charge in [0.2, 0.25) is 0 Å². The topological polar surface area (TPSA) is 27.7 Å². The normalized spacial score (nSPS) is 30.5. The first-order valence-electron chi connectivity index (χ1n) is 8.03. The maximum absolute atomic E-state index is 13.3. The predicted octanol–water partition coefficient (Wildman–Crippen LogP) is 3.85. The van der Waals surface area contributed by atoms with Gasteiger partial charge in [0.05, 0.1) is 11.2 Å². The van der Waals surface area contributed by atoms with E-state index in [1.54, 1.807) is 12.1 Å². The van der Waals surface area contributed by atoms with E-state index in [0.717, 1.165) is 24.8 Å². The lowest BCUT2D eigenvalue weighted by molar-refractivity contribution is -0.0497. The van der Waals surface area contributed by atoms with Crippen LogP contribution in [0, 0.1) is 5.82 Å². The van der Waals surface area contributed by atoms with Gasteiger partial charge in [-0.05, 0) is 64.7 Å². The van der Waals surface area contributed by atoms with E-state index in [1.165, 1.54) is 12.1 Å². The van der Waals surface area contributed by atoms with Crippen molar-refractivity contribution < 1.29 is 18.4 Å². The SMILES string of the molecule is CC1(C)OB([C@]2(c3ccc(F)cc3)CCCCO2)OC1(C)C. The van der Waals surface area contributed by atoms with Gasteiger partial charge in [0.25, 0.3) is 0 Å². The second-order valence-electron chi connectivity index (χ2n) is 7.29. The van der Waals surface area contributed by atoms with E-state index in [1.807, 2.05) is 27.7 Å². The van der Waals surface area contributed by atoms with Crippen molar-refractivity contribution in [3.63, 3.8) is 0 Å². The van der Waals surface area contributed by atoms with E-state index in [4.69, 9.17) is 14.0 Å². The molecule has 2 aliphatic rings. The maximum Gasteiger partial charge on any atom is 0.497 e. The summed E-state index contributed by atoms with van der Waals surface area (Å²) < 4.78 is 32.0. The largest absolute Gasteiger partial charge is 0.497 e. The molecule has 2 heterocycles. The van der Waals surface area contributed by atoms with E-state index in [-0.39, 0.29) is 5.82 Å². The summed E-state index contributed by atoms with van der Waals surface area (Å²) in [5, 5.41) is 0. The molecule has 2 saturated heterocycles. The average Bonchev–Trinajstić information content (AvgIpc) is 2.69. The van der Waals surface area contributed by atoms with Gasteiger partial charge in [0.15, 0.2) is 0 Å². The molecule has 1 aromatic rings. The highest BCUT2D eigenvalue weighted by molar-refractivity contribution is 6.49. The molecule has 0 radical (unpaired) electrons. The van der Waals surface area contributed by atoms with E-state index in [9.17, 15) is 4.39 Å². The Balaban J connectivity index is 1.99. The number of halogens is 1. The first-order chi connectivity index (χ1) is 10.3. The molecular formula is C17H24BFO3. The Bertz CT molecular complexity index is 519. The Kier molecular flexibility index (Phi) is 3.87. The quantitative estimate of drug-likeness (QED) is 0.777. The molecule has 0 saturated carbocycles. The van der Waals surface area contributed by atoms with Crippen molar-refractivity contribution in [3.05, 3.63) is 35.6 Å². The van der Waals surface area contributed by atoms with Gasteiger partial charge in [-0.25, -0.2) is 4.39 Å². The monoisotopic (exact) mass is 306 g/mol. The van der Waals surface area contributed by atoms with Crippen molar-refractivity contribution in [3.8, 4) is 0 Å². The summed E-state index contributed by atoms with van der Waals surface area (Å²) in [4.78, 5) is 0. The molecule has 0 aliphatic carbocycles. The zero-order valence-corrected chi connectivity index (χ0v) is 13.8. The first-order valence-corrected chi connectivity index (χ1v) is 8.03. The zero-order chi connectivity index (χ0) is 16.0. The maximum atomic E-state index is 13.3. The zero-order valence-electron chi connectivity index (χ0n) is 13.8. The molecule has 120 valence electrons. The fourth-order valence-corrected chi connectivity index (χ4v) is 3.13. The molecule has 2 aliphatic heterocycles. The molecule has 0 unspecified atom stereocenters. The summed E-state index contributed by atoms with van der Waals surface area (Å²) in [7, 11) is -0.483. The Morgan fingerprint density at radius 2 is 1.55 bits per heavy atom. The fraction of sp³-hybridized carbons (Fsp3) is 0.647. The standard InChI is InChI=1S/C17H24BFO3/c1-15(2)16(3,4)22-18(21-15)17(11-5-6-12-20-17)13-7-9-14(19)10-8-13/h7-10H,5-6,11-12H2,1-4H3/t17-/m1/s1. The first kappa shape index (κ1) is 16.0. The van der Waals surface area contributed by atoms with Crippen molar-refractivity contribution in [2.24, 2.45) is 0 Å². The molecule has 0 bridgehead atoms. The summed E-state index contributed by atoms with van der Waals surface area (Å²) in [6, 6.07) is 6.51. The van der Waals surface area contributed by atoms with Crippen LogP contribution in [0.3, 0.4) is 0 Å². The van der Waals surface area contributed by atoms with Crippen LogP contribution in [-0.2, 0) is 19.5 Å². The van der Waals surface area contributed by atoms with E-state index in [2.05, 4.69) is 0 Å². The Hall–Kier alpha value is -0.905. The van der Waals surface area contributed by atoms with Gasteiger partial charge in [-0.15, -0.1) is 0 Å². The molecule has 0 spiro atoms. The molecule has 3 nitrogen and oxygen atoms in total. The average molecular weight is 306 g/mol. The van der Waals surface area contributed by atoms with Crippen LogP contribution in [0.15, 0.2) is 24.3 Å². The molecule has 22 heavy (non-hydrogen) atoms. The fourth-order valence-electron chi connectivity index (χ4n) is 3.13. The van der Waals surface area contributed by atoms with Crippen molar-refractivity contribution in [1.82, 2.24) is 0 Å². The van der Waals surface area contributed by atoms with Gasteiger partial charge in [-0.3, -0.25) is 0 Å². The van der Waals surface area contributed by atoms with Crippen LogP contribution >= 0.6 is 0 Å². The van der Waals surface area contributed by atoms with Crippen LogP contribution in [-0.4, -0.2) is 24.9 Å². The number of rotatable bonds is 2. The Labute approximate surface area is 132 Å². The second kappa shape index (κ2) is 5.32. The molecule has 1 aromatic carbocycles. The van der Waals surface area contributed by atoms with Crippen LogP contribution in [0.25, 0.3) is 0 Å². The van der Waals surface area contributed by atoms with Crippen LogP contribution in [0.4, 0.5) is 4.39 Å². The highest BCUT2D eigenvalue weighted by Gasteiger charge is 2.61. The molecule has 0 N–H and O–H groups in total. The lowest BCUT2D eigenvalue weighted by Crippen LogP contribution is -2.50. The molecule has 2 fully saturated rings. The molecular weight excluding hydrogens is 282 g/mol. The number of hydrogen-bond donors (Lipinski definition) is 0. The third-order valence-corrected chi connectivity index (χ3v) is 5.27. The highest BCUT2D eigenvalue weighted by atomic mass is 19.1. The molecule has 0 amide bonds. The minimum absolute atomic E-state index is 0.247. The predicted molar refractivity (Wildman–Crippen MR) is 84.0 cm³/mol. The third-order valence-electron chi connectivity index (χ3n) is 5.27. The van der Waals surface area contributed by atoms with Crippen LogP contribution in [0.2, 0.25) is 0 Å². The van der Waals surface area contributed by atoms with Crippen LogP contribution < -0.4 is 0 Å². The summed E-state index contributed by atoms with van der Waals surface area (Å²) in [6.07, 6.45) is 2.89. The van der Waals surface area contributed by atoms with Gasteiger partial charge in [-0.1, -0.05) is 12.1 Å². The van der Waals surface area contributed by atoms with Crippen molar-refractivity contribution in [1.29, 1.82) is 0 Å². The van der Waals surface area contributed by atoms with Crippen LogP contribution in [0.5, 0.6) is 0 Å². The number of benzene rings is 1. The second-order valence-corrected chi connectivity index (χ2v) is 7.29. The molecule has 0 aromatic heterocycles. The summed E-state index contributed by atoms with van der Waals surface area (Å²) in [5.41, 5.74) is -0.555. The van der Waals surface area contributed by atoms with E-state index in [0.29, 0.717) is 6.61 Å². The van der Waals surface area contributed by atoms with Crippen LogP contribution in [0.1, 0.15) is 52.5 Å². The Morgan fingerprint density at radius 1 is 0.955 bits per heavy atom. The van der Waals surface area contributed by atoms with E-state index < -0.39 is 23.8 Å². The van der Waals surface area contributed by atoms with Gasteiger partial charge < -0.3 is 14.0 Å². The Morgan fingerprint density at radius 3 is 2.05 bits per heavy atom. The minimum Gasteiger partial charge on any atom is -0.401 e. The molecule has 1 atom stereocenters. The summed E-state index contributed by atoms with van der Waals surface area (Å²) >= 11 is 0. The number of hydrogen-bond acceptors (Lipinski definition) is 3. The van der Waals surface area contributed by atoms with Gasteiger partial charge in [0, 0.05) is 6.61 Å². The molecule has 5 heteroatoms. The summed E-state index contributed by atoms with van der Waals surface area (Å²) in [6.45, 7) is 8.81. The highest BCUT2D eigenvalue weighted by Crippen LogP contribution is 2.47. The summed E-state index contributed by atoms with van der Waals surface area (Å²) in [5.74, 6) is -0.247. The van der Waals surface area contributed by atoms with Gasteiger partial charge >= 0.3 is 7.12 Å². The lowest BCUT2D eigenvalue weighted by Gasteiger charge is -2.39. The smallest absolute Gasteiger partial charge is 0.401 e. The third kappa shape index (κ3) is 2.49.